The maximum absolute atomic E-state index is 12.5. The zero-order valence-electron chi connectivity index (χ0n) is 12.7. The van der Waals surface area contributed by atoms with Gasteiger partial charge in [-0.15, -0.1) is 0 Å². The van der Waals surface area contributed by atoms with Crippen molar-refractivity contribution in [3.63, 3.8) is 0 Å². The van der Waals surface area contributed by atoms with Gasteiger partial charge in [-0.2, -0.15) is 0 Å². The molecule has 0 bridgehead atoms. The first-order valence-electron chi connectivity index (χ1n) is 7.16. The van der Waals surface area contributed by atoms with E-state index in [0.29, 0.717) is 5.56 Å². The van der Waals surface area contributed by atoms with E-state index in [4.69, 9.17) is 0 Å². The minimum Gasteiger partial charge on any atom is -0.480 e. The molecule has 0 fully saturated rings. The lowest BCUT2D eigenvalue weighted by Crippen LogP contribution is -2.49. The van der Waals surface area contributed by atoms with Gasteiger partial charge < -0.3 is 15.7 Å². The molecule has 5 nitrogen and oxygen atoms in total. The van der Waals surface area contributed by atoms with Gasteiger partial charge in [0.15, 0.2) is 0 Å². The number of hydrogen-bond donors (Lipinski definition) is 3. The van der Waals surface area contributed by atoms with Crippen LogP contribution in [0.2, 0.25) is 0 Å². The summed E-state index contributed by atoms with van der Waals surface area (Å²) in [5.74, 6) is -1.32. The average molecular weight is 290 g/mol. The summed E-state index contributed by atoms with van der Waals surface area (Å²) in [4.78, 5) is 23.9. The van der Waals surface area contributed by atoms with Crippen molar-refractivity contribution in [1.82, 2.24) is 10.6 Å². The Morgan fingerprint density at radius 2 is 2.05 bits per heavy atom. The van der Waals surface area contributed by atoms with Crippen LogP contribution < -0.4 is 10.6 Å². The Morgan fingerprint density at radius 1 is 1.33 bits per heavy atom. The quantitative estimate of drug-likeness (QED) is 0.789. The van der Waals surface area contributed by atoms with Gasteiger partial charge in [0.05, 0.1) is 0 Å². The molecule has 1 atom stereocenters. The van der Waals surface area contributed by atoms with Gasteiger partial charge in [-0.25, -0.2) is 4.79 Å². The minimum absolute atomic E-state index is 0.309. The van der Waals surface area contributed by atoms with Crippen molar-refractivity contribution in [2.75, 3.05) is 6.54 Å². The lowest BCUT2D eigenvalue weighted by atomic mass is 9.86. The van der Waals surface area contributed by atoms with Crippen LogP contribution >= 0.6 is 0 Å². The Hall–Kier alpha value is -1.88. The van der Waals surface area contributed by atoms with E-state index < -0.39 is 17.4 Å². The molecule has 21 heavy (non-hydrogen) atoms. The highest BCUT2D eigenvalue weighted by Gasteiger charge is 2.33. The number of fused-ring (bicyclic) bond motifs is 1. The fourth-order valence-corrected chi connectivity index (χ4v) is 2.60. The van der Waals surface area contributed by atoms with Crippen molar-refractivity contribution in [3.05, 3.63) is 34.9 Å². The molecule has 1 aromatic carbocycles. The number of amides is 1. The van der Waals surface area contributed by atoms with Crippen LogP contribution in [0, 0.1) is 5.41 Å². The van der Waals surface area contributed by atoms with E-state index in [1.165, 1.54) is 0 Å². The molecule has 0 saturated carbocycles. The number of carbonyl (C=O) groups is 2. The second-order valence-corrected chi connectivity index (χ2v) is 6.48. The van der Waals surface area contributed by atoms with Gasteiger partial charge in [0.25, 0.3) is 5.91 Å². The molecule has 0 aliphatic carbocycles. The highest BCUT2D eigenvalue weighted by Crippen LogP contribution is 2.22. The van der Waals surface area contributed by atoms with Crippen molar-refractivity contribution < 1.29 is 14.7 Å². The molecule has 3 N–H and O–H groups in total. The van der Waals surface area contributed by atoms with E-state index in [1.807, 2.05) is 12.1 Å². The first-order chi connectivity index (χ1) is 9.80. The highest BCUT2D eigenvalue weighted by molar-refractivity contribution is 5.98. The molecule has 1 aromatic rings. The standard InChI is InChI=1S/C16H22N2O3/c1-16(2,3)13(15(20)21)18-14(19)12-6-4-5-10-9-17-8-7-11(10)12/h4-6,13,17H,7-9H2,1-3H3,(H,18,19)(H,20,21). The second kappa shape index (κ2) is 5.85. The molecule has 114 valence electrons. The van der Waals surface area contributed by atoms with Crippen molar-refractivity contribution in [1.29, 1.82) is 0 Å². The molecular formula is C16H22N2O3. The fraction of sp³-hybridized carbons (Fsp3) is 0.500. The summed E-state index contributed by atoms with van der Waals surface area (Å²) >= 11 is 0. The van der Waals surface area contributed by atoms with Crippen LogP contribution in [0.15, 0.2) is 18.2 Å². The van der Waals surface area contributed by atoms with E-state index >= 15 is 0 Å². The number of hydrogen-bond acceptors (Lipinski definition) is 3. The molecule has 1 aliphatic rings. The van der Waals surface area contributed by atoms with E-state index in [1.54, 1.807) is 26.8 Å². The number of benzene rings is 1. The summed E-state index contributed by atoms with van der Waals surface area (Å²) in [6.45, 7) is 6.99. The maximum atomic E-state index is 12.5. The van der Waals surface area contributed by atoms with Crippen LogP contribution in [0.4, 0.5) is 0 Å². The number of carbonyl (C=O) groups excluding carboxylic acids is 1. The predicted molar refractivity (Wildman–Crippen MR) is 80.2 cm³/mol. The van der Waals surface area contributed by atoms with E-state index in [9.17, 15) is 14.7 Å². The third-order valence-corrected chi connectivity index (χ3v) is 3.77. The number of rotatable bonds is 3. The van der Waals surface area contributed by atoms with E-state index in [2.05, 4.69) is 10.6 Å². The second-order valence-electron chi connectivity index (χ2n) is 6.48. The van der Waals surface area contributed by atoms with Crippen LogP contribution in [-0.2, 0) is 17.8 Å². The van der Waals surface area contributed by atoms with Gasteiger partial charge in [-0.05, 0) is 35.6 Å². The lowest BCUT2D eigenvalue weighted by Gasteiger charge is -2.28. The number of aliphatic carboxylic acids is 1. The molecule has 1 unspecified atom stereocenters. The van der Waals surface area contributed by atoms with Crippen molar-refractivity contribution in [3.8, 4) is 0 Å². The zero-order chi connectivity index (χ0) is 15.6. The molecule has 0 spiro atoms. The smallest absolute Gasteiger partial charge is 0.326 e. The van der Waals surface area contributed by atoms with Gasteiger partial charge in [0.1, 0.15) is 6.04 Å². The third kappa shape index (κ3) is 3.42. The third-order valence-electron chi connectivity index (χ3n) is 3.77. The van der Waals surface area contributed by atoms with Crippen LogP contribution in [-0.4, -0.2) is 29.6 Å². The van der Waals surface area contributed by atoms with Crippen LogP contribution in [0.5, 0.6) is 0 Å². The number of carboxylic acid groups (broad SMARTS) is 1. The molecule has 0 radical (unpaired) electrons. The van der Waals surface area contributed by atoms with Crippen molar-refractivity contribution >= 4 is 11.9 Å². The molecule has 2 rings (SSSR count). The normalized spacial score (nSPS) is 16.0. The van der Waals surface area contributed by atoms with Crippen LogP contribution in [0.3, 0.4) is 0 Å². The minimum atomic E-state index is -1.01. The monoisotopic (exact) mass is 290 g/mol. The van der Waals surface area contributed by atoms with Crippen molar-refractivity contribution in [2.45, 2.75) is 39.8 Å². The van der Waals surface area contributed by atoms with Gasteiger partial charge in [0, 0.05) is 12.1 Å². The van der Waals surface area contributed by atoms with Gasteiger partial charge in [-0.3, -0.25) is 4.79 Å². The predicted octanol–water partition coefficient (Wildman–Crippen LogP) is 1.56. The van der Waals surface area contributed by atoms with Crippen molar-refractivity contribution in [2.24, 2.45) is 5.41 Å². The SMILES string of the molecule is CC(C)(C)C(NC(=O)c1cccc2c1CCNC2)C(=O)O. The fourth-order valence-electron chi connectivity index (χ4n) is 2.60. The Labute approximate surface area is 124 Å². The molecule has 0 saturated heterocycles. The van der Waals surface area contributed by atoms with Gasteiger partial charge in [-0.1, -0.05) is 32.9 Å². The molecule has 1 heterocycles. The Morgan fingerprint density at radius 3 is 2.67 bits per heavy atom. The molecule has 5 heteroatoms. The molecule has 1 amide bonds. The van der Waals surface area contributed by atoms with Crippen LogP contribution in [0.1, 0.15) is 42.3 Å². The van der Waals surface area contributed by atoms with E-state index in [-0.39, 0.29) is 5.91 Å². The number of carboxylic acids is 1. The summed E-state index contributed by atoms with van der Waals surface area (Å²) in [6.07, 6.45) is 0.784. The maximum Gasteiger partial charge on any atom is 0.326 e. The largest absolute Gasteiger partial charge is 0.480 e. The highest BCUT2D eigenvalue weighted by atomic mass is 16.4. The molecule has 0 aromatic heterocycles. The Balaban J connectivity index is 2.26. The molecular weight excluding hydrogens is 268 g/mol. The summed E-state index contributed by atoms with van der Waals surface area (Å²) in [5, 5.41) is 15.2. The topological polar surface area (TPSA) is 78.4 Å². The number of nitrogens with one attached hydrogen (secondary N) is 2. The first kappa shape index (κ1) is 15.5. The lowest BCUT2D eigenvalue weighted by molar-refractivity contribution is -0.142. The summed E-state index contributed by atoms with van der Waals surface area (Å²) in [6, 6.07) is 4.69. The summed E-state index contributed by atoms with van der Waals surface area (Å²) in [7, 11) is 0. The Bertz CT molecular complexity index is 561. The summed E-state index contributed by atoms with van der Waals surface area (Å²) in [5.41, 5.74) is 2.17. The van der Waals surface area contributed by atoms with Crippen LogP contribution in [0.25, 0.3) is 0 Å². The van der Waals surface area contributed by atoms with Gasteiger partial charge in [0.2, 0.25) is 0 Å². The Kier molecular flexibility index (Phi) is 4.32. The van der Waals surface area contributed by atoms with Gasteiger partial charge >= 0.3 is 5.97 Å². The zero-order valence-corrected chi connectivity index (χ0v) is 12.7. The molecule has 1 aliphatic heterocycles. The summed E-state index contributed by atoms with van der Waals surface area (Å²) < 4.78 is 0. The van der Waals surface area contributed by atoms with E-state index in [0.717, 1.165) is 30.6 Å². The average Bonchev–Trinajstić information content (AvgIpc) is 2.42. The first-order valence-corrected chi connectivity index (χ1v) is 7.16.